The Morgan fingerprint density at radius 2 is 2.19 bits per heavy atom. The number of imidazole rings is 1. The fraction of sp³-hybridized carbons (Fsp3) is 0.429. The largest absolute Gasteiger partial charge is 0.330 e. The Labute approximate surface area is 119 Å². The van der Waals surface area contributed by atoms with Crippen molar-refractivity contribution in [2.24, 2.45) is 7.05 Å². The number of benzene rings is 1. The third-order valence-corrected chi connectivity index (χ3v) is 3.74. The van der Waals surface area contributed by atoms with Gasteiger partial charge in [-0.2, -0.15) is 0 Å². The van der Waals surface area contributed by atoms with Crippen molar-refractivity contribution < 1.29 is 13.6 Å². The topological polar surface area (TPSA) is 58.1 Å². The van der Waals surface area contributed by atoms with Crippen molar-refractivity contribution in [2.45, 2.75) is 25.3 Å². The molecule has 1 aromatic heterocycles. The zero-order valence-corrected chi connectivity index (χ0v) is 11.5. The van der Waals surface area contributed by atoms with E-state index in [0.717, 1.165) is 12.8 Å². The number of aromatic nitrogens is 2. The van der Waals surface area contributed by atoms with E-state index in [9.17, 15) is 18.4 Å². The normalized spacial score (nSPS) is 14.9. The molecule has 21 heavy (non-hydrogen) atoms. The number of hydrogen-bond acceptors (Lipinski definition) is 2. The lowest BCUT2D eigenvalue weighted by Gasteiger charge is -2.22. The van der Waals surface area contributed by atoms with Crippen LogP contribution in [0.3, 0.4) is 0 Å². The van der Waals surface area contributed by atoms with Crippen molar-refractivity contribution in [1.29, 1.82) is 0 Å². The maximum atomic E-state index is 12.6. The molecule has 1 heterocycles. The number of halogens is 2. The van der Waals surface area contributed by atoms with Gasteiger partial charge in [-0.05, 0) is 31.0 Å². The number of hydrogen-bond donors (Lipinski definition) is 1. The molecule has 1 aliphatic rings. The molecule has 0 unspecified atom stereocenters. The first-order valence-electron chi connectivity index (χ1n) is 6.75. The third-order valence-electron chi connectivity index (χ3n) is 3.74. The fourth-order valence-corrected chi connectivity index (χ4v) is 2.45. The van der Waals surface area contributed by atoms with Gasteiger partial charge >= 0.3 is 5.69 Å². The third kappa shape index (κ3) is 2.55. The van der Waals surface area contributed by atoms with Crippen molar-refractivity contribution in [1.82, 2.24) is 14.5 Å². The Bertz CT molecular complexity index is 746. The first-order chi connectivity index (χ1) is 9.97. The molecule has 5 nitrogen and oxygen atoms in total. The van der Waals surface area contributed by atoms with Crippen LogP contribution < -0.4 is 5.69 Å². The van der Waals surface area contributed by atoms with Crippen LogP contribution in [-0.2, 0) is 7.05 Å². The van der Waals surface area contributed by atoms with Crippen LogP contribution in [0.4, 0.5) is 8.78 Å². The van der Waals surface area contributed by atoms with Gasteiger partial charge in [-0.3, -0.25) is 9.36 Å². The Hall–Kier alpha value is -2.18. The van der Waals surface area contributed by atoms with Gasteiger partial charge in [-0.1, -0.05) is 0 Å². The van der Waals surface area contributed by atoms with Crippen LogP contribution in [0.1, 0.15) is 23.2 Å². The molecule has 0 aliphatic heterocycles. The number of rotatable bonds is 4. The number of H-pyrrole nitrogens is 1. The van der Waals surface area contributed by atoms with Gasteiger partial charge in [0.05, 0.1) is 17.6 Å². The van der Waals surface area contributed by atoms with Crippen LogP contribution in [-0.4, -0.2) is 39.4 Å². The highest BCUT2D eigenvalue weighted by Gasteiger charge is 2.34. The Morgan fingerprint density at radius 1 is 1.48 bits per heavy atom. The summed E-state index contributed by atoms with van der Waals surface area (Å²) < 4.78 is 26.6. The van der Waals surface area contributed by atoms with E-state index < -0.39 is 18.9 Å². The van der Waals surface area contributed by atoms with E-state index in [2.05, 4.69) is 4.98 Å². The number of aromatic amines is 1. The van der Waals surface area contributed by atoms with E-state index in [0.29, 0.717) is 16.6 Å². The zero-order chi connectivity index (χ0) is 15.1. The van der Waals surface area contributed by atoms with Gasteiger partial charge < -0.3 is 9.88 Å². The molecule has 112 valence electrons. The molecule has 1 fully saturated rings. The molecule has 1 aliphatic carbocycles. The summed E-state index contributed by atoms with van der Waals surface area (Å²) in [5, 5.41) is 0. The van der Waals surface area contributed by atoms with Gasteiger partial charge in [-0.15, -0.1) is 0 Å². The second kappa shape index (κ2) is 4.98. The van der Waals surface area contributed by atoms with Crippen molar-refractivity contribution in [3.05, 3.63) is 34.2 Å². The summed E-state index contributed by atoms with van der Waals surface area (Å²) in [6.07, 6.45) is -1.01. The molecule has 0 saturated heterocycles. The average Bonchev–Trinajstić information content (AvgIpc) is 3.24. The van der Waals surface area contributed by atoms with E-state index in [1.165, 1.54) is 9.47 Å². The van der Waals surface area contributed by atoms with E-state index in [-0.39, 0.29) is 11.7 Å². The molecule has 0 atom stereocenters. The van der Waals surface area contributed by atoms with Crippen molar-refractivity contribution in [3.63, 3.8) is 0 Å². The van der Waals surface area contributed by atoms with Gasteiger partial charge in [0.15, 0.2) is 0 Å². The summed E-state index contributed by atoms with van der Waals surface area (Å²) in [6.45, 7) is -0.548. The lowest BCUT2D eigenvalue weighted by atomic mass is 10.1. The van der Waals surface area contributed by atoms with E-state index in [1.807, 2.05) is 0 Å². The molecule has 1 saturated carbocycles. The first-order valence-corrected chi connectivity index (χ1v) is 6.75. The summed E-state index contributed by atoms with van der Waals surface area (Å²) in [5.41, 5.74) is 1.25. The van der Waals surface area contributed by atoms with Gasteiger partial charge in [0.2, 0.25) is 0 Å². The second-order valence-electron chi connectivity index (χ2n) is 5.30. The summed E-state index contributed by atoms with van der Waals surface area (Å²) in [4.78, 5) is 27.8. The standard InChI is InChI=1S/C14H15F2N3O2/c1-18-11-6-8(2-5-10(11)17-14(18)21)13(20)19(7-12(15)16)9-3-4-9/h2,5-6,9,12H,3-4,7H2,1H3,(H,17,21). The molecular weight excluding hydrogens is 280 g/mol. The smallest absolute Gasteiger partial charge is 0.326 e. The van der Waals surface area contributed by atoms with E-state index >= 15 is 0 Å². The van der Waals surface area contributed by atoms with Crippen LogP contribution in [0.5, 0.6) is 0 Å². The van der Waals surface area contributed by atoms with Crippen molar-refractivity contribution in [3.8, 4) is 0 Å². The number of nitrogens with zero attached hydrogens (tertiary/aromatic N) is 2. The number of amides is 1. The molecule has 7 heteroatoms. The van der Waals surface area contributed by atoms with Crippen LogP contribution in [0, 0.1) is 0 Å². The number of nitrogens with one attached hydrogen (secondary N) is 1. The summed E-state index contributed by atoms with van der Waals surface area (Å²) >= 11 is 0. The lowest BCUT2D eigenvalue weighted by molar-refractivity contribution is 0.0534. The van der Waals surface area contributed by atoms with Gasteiger partial charge in [0.25, 0.3) is 12.3 Å². The predicted octanol–water partition coefficient (Wildman–Crippen LogP) is 1.74. The number of fused-ring (bicyclic) bond motifs is 1. The maximum Gasteiger partial charge on any atom is 0.326 e. The van der Waals surface area contributed by atoms with Crippen LogP contribution in [0.25, 0.3) is 11.0 Å². The summed E-state index contributed by atoms with van der Waals surface area (Å²) in [6, 6.07) is 4.66. The molecule has 3 rings (SSSR count). The van der Waals surface area contributed by atoms with Gasteiger partial charge in [0.1, 0.15) is 0 Å². The van der Waals surface area contributed by atoms with E-state index in [4.69, 9.17) is 0 Å². The number of aryl methyl sites for hydroxylation is 1. The predicted molar refractivity (Wildman–Crippen MR) is 73.6 cm³/mol. The maximum absolute atomic E-state index is 12.6. The fourth-order valence-electron chi connectivity index (χ4n) is 2.45. The molecule has 2 aromatic rings. The summed E-state index contributed by atoms with van der Waals surface area (Å²) in [7, 11) is 1.59. The highest BCUT2D eigenvalue weighted by atomic mass is 19.3. The van der Waals surface area contributed by atoms with E-state index in [1.54, 1.807) is 25.2 Å². The van der Waals surface area contributed by atoms with Crippen LogP contribution in [0.15, 0.2) is 23.0 Å². The number of carbonyl (C=O) groups is 1. The quantitative estimate of drug-likeness (QED) is 0.934. The lowest BCUT2D eigenvalue weighted by Crippen LogP contribution is -2.36. The molecule has 0 radical (unpaired) electrons. The minimum atomic E-state index is -2.55. The van der Waals surface area contributed by atoms with Gasteiger partial charge in [0, 0.05) is 18.7 Å². The second-order valence-corrected chi connectivity index (χ2v) is 5.30. The van der Waals surface area contributed by atoms with Crippen molar-refractivity contribution in [2.75, 3.05) is 6.54 Å². The number of carbonyl (C=O) groups excluding carboxylic acids is 1. The Morgan fingerprint density at radius 3 is 2.81 bits per heavy atom. The Balaban J connectivity index is 1.96. The summed E-state index contributed by atoms with van der Waals surface area (Å²) in [5.74, 6) is -0.409. The minimum Gasteiger partial charge on any atom is -0.330 e. The molecular formula is C14H15F2N3O2. The molecule has 1 amide bonds. The average molecular weight is 295 g/mol. The molecule has 1 N–H and O–H groups in total. The van der Waals surface area contributed by atoms with Crippen LogP contribution in [0.2, 0.25) is 0 Å². The molecule has 1 aromatic carbocycles. The highest BCUT2D eigenvalue weighted by molar-refractivity contribution is 5.97. The first kappa shape index (κ1) is 13.8. The zero-order valence-electron chi connectivity index (χ0n) is 11.5. The Kier molecular flexibility index (Phi) is 3.27. The van der Waals surface area contributed by atoms with Gasteiger partial charge in [-0.25, -0.2) is 13.6 Å². The minimum absolute atomic E-state index is 0.0859. The highest BCUT2D eigenvalue weighted by Crippen LogP contribution is 2.29. The monoisotopic (exact) mass is 295 g/mol. The van der Waals surface area contributed by atoms with Crippen LogP contribution >= 0.6 is 0 Å². The number of alkyl halides is 2. The van der Waals surface area contributed by atoms with Crippen molar-refractivity contribution >= 4 is 16.9 Å². The molecule has 0 bridgehead atoms. The molecule has 0 spiro atoms. The SMILES string of the molecule is Cn1c(=O)[nH]c2ccc(C(=O)N(CC(F)F)C3CC3)cc21.